The SMILES string of the molecule is COc1ccc(-c2nonc2NC(=O)c2oc3cc(C)c(C)cc3c2C)c(C)c1. The topological polar surface area (TPSA) is 90.4 Å². The molecule has 29 heavy (non-hydrogen) atoms. The van der Waals surface area contributed by atoms with Gasteiger partial charge >= 0.3 is 0 Å². The number of hydrogen-bond donors (Lipinski definition) is 1. The smallest absolute Gasteiger partial charge is 0.292 e. The second-order valence-corrected chi connectivity index (χ2v) is 7.09. The summed E-state index contributed by atoms with van der Waals surface area (Å²) in [6.45, 7) is 7.83. The van der Waals surface area contributed by atoms with E-state index >= 15 is 0 Å². The fraction of sp³-hybridized carbons (Fsp3) is 0.227. The van der Waals surface area contributed by atoms with E-state index in [2.05, 4.69) is 15.6 Å². The minimum Gasteiger partial charge on any atom is -0.497 e. The van der Waals surface area contributed by atoms with E-state index in [4.69, 9.17) is 13.8 Å². The van der Waals surface area contributed by atoms with Gasteiger partial charge in [0.15, 0.2) is 11.5 Å². The summed E-state index contributed by atoms with van der Waals surface area (Å²) < 4.78 is 16.0. The molecule has 0 saturated heterocycles. The van der Waals surface area contributed by atoms with Crippen LogP contribution in [0.5, 0.6) is 5.75 Å². The number of ether oxygens (including phenoxy) is 1. The molecule has 1 amide bonds. The third-order valence-corrected chi connectivity index (χ3v) is 5.17. The van der Waals surface area contributed by atoms with Crippen molar-refractivity contribution in [2.45, 2.75) is 27.7 Å². The molecule has 0 aliphatic rings. The summed E-state index contributed by atoms with van der Waals surface area (Å²) in [5.74, 6) is 0.801. The van der Waals surface area contributed by atoms with Crippen LogP contribution in [0.2, 0.25) is 0 Å². The lowest BCUT2D eigenvalue weighted by atomic mass is 10.0. The summed E-state index contributed by atoms with van der Waals surface area (Å²) in [6, 6.07) is 9.52. The molecular formula is C22H21N3O4. The predicted molar refractivity (Wildman–Crippen MR) is 109 cm³/mol. The third kappa shape index (κ3) is 3.24. The molecule has 0 radical (unpaired) electrons. The molecule has 2 aromatic carbocycles. The van der Waals surface area contributed by atoms with Crippen molar-refractivity contribution < 1.29 is 18.6 Å². The van der Waals surface area contributed by atoms with Crippen molar-refractivity contribution in [1.29, 1.82) is 0 Å². The molecule has 7 nitrogen and oxygen atoms in total. The highest BCUT2D eigenvalue weighted by Crippen LogP contribution is 2.32. The number of furan rings is 1. The van der Waals surface area contributed by atoms with Crippen LogP contribution in [-0.2, 0) is 0 Å². The predicted octanol–water partition coefficient (Wildman–Crippen LogP) is 4.98. The van der Waals surface area contributed by atoms with Gasteiger partial charge in [-0.15, -0.1) is 0 Å². The molecular weight excluding hydrogens is 370 g/mol. The van der Waals surface area contributed by atoms with Crippen LogP contribution in [-0.4, -0.2) is 23.3 Å². The Labute approximate surface area is 167 Å². The summed E-state index contributed by atoms with van der Waals surface area (Å²) in [6.07, 6.45) is 0. The average Bonchev–Trinajstić information content (AvgIpc) is 3.27. The Morgan fingerprint density at radius 3 is 2.48 bits per heavy atom. The van der Waals surface area contributed by atoms with Gasteiger partial charge in [-0.3, -0.25) is 10.1 Å². The van der Waals surface area contributed by atoms with Crippen molar-refractivity contribution in [1.82, 2.24) is 10.3 Å². The zero-order valence-electron chi connectivity index (χ0n) is 16.9. The first-order valence-corrected chi connectivity index (χ1v) is 9.18. The summed E-state index contributed by atoms with van der Waals surface area (Å²) in [5.41, 5.74) is 5.86. The van der Waals surface area contributed by atoms with Crippen molar-refractivity contribution in [3.8, 4) is 17.0 Å². The van der Waals surface area contributed by atoms with Crippen LogP contribution in [0.25, 0.3) is 22.2 Å². The number of methoxy groups -OCH3 is 1. The second-order valence-electron chi connectivity index (χ2n) is 7.09. The number of aryl methyl sites for hydroxylation is 4. The molecule has 0 atom stereocenters. The first-order chi connectivity index (χ1) is 13.9. The molecule has 1 N–H and O–H groups in total. The van der Waals surface area contributed by atoms with Crippen molar-refractivity contribution in [2.24, 2.45) is 0 Å². The van der Waals surface area contributed by atoms with E-state index < -0.39 is 5.91 Å². The van der Waals surface area contributed by atoms with Crippen molar-refractivity contribution in [3.05, 3.63) is 58.3 Å². The molecule has 0 saturated carbocycles. The number of benzene rings is 2. The Balaban J connectivity index is 1.68. The molecule has 4 rings (SSSR count). The molecule has 0 unspecified atom stereocenters. The Morgan fingerprint density at radius 2 is 1.76 bits per heavy atom. The standard InChI is InChI=1S/C22H21N3O4/c1-11-9-17-14(4)20(28-18(17)10-12(11)2)22(26)23-21-19(24-29-25-21)16-7-6-15(27-5)8-13(16)3/h6-10H,1-5H3,(H,23,25,26). The number of hydrogen-bond acceptors (Lipinski definition) is 6. The molecule has 0 aliphatic carbocycles. The number of anilines is 1. The molecule has 2 aromatic heterocycles. The summed E-state index contributed by atoms with van der Waals surface area (Å²) in [5, 5.41) is 11.5. The first kappa shape index (κ1) is 18.7. The van der Waals surface area contributed by atoms with Gasteiger partial charge in [0.05, 0.1) is 7.11 Å². The normalized spacial score (nSPS) is 11.1. The fourth-order valence-electron chi connectivity index (χ4n) is 3.33. The molecule has 148 valence electrons. The van der Waals surface area contributed by atoms with Gasteiger partial charge in [0.2, 0.25) is 5.82 Å². The third-order valence-electron chi connectivity index (χ3n) is 5.17. The highest BCUT2D eigenvalue weighted by molar-refractivity contribution is 6.07. The van der Waals surface area contributed by atoms with Crippen LogP contribution in [0.4, 0.5) is 5.82 Å². The van der Waals surface area contributed by atoms with E-state index in [-0.39, 0.29) is 11.6 Å². The quantitative estimate of drug-likeness (QED) is 0.528. The maximum Gasteiger partial charge on any atom is 0.292 e. The molecule has 0 spiro atoms. The van der Waals surface area contributed by atoms with Gasteiger partial charge in [0.25, 0.3) is 5.91 Å². The first-order valence-electron chi connectivity index (χ1n) is 9.18. The van der Waals surface area contributed by atoms with Gasteiger partial charge in [-0.1, -0.05) is 0 Å². The maximum absolute atomic E-state index is 12.9. The number of nitrogens with zero attached hydrogens (tertiary/aromatic N) is 2. The van der Waals surface area contributed by atoms with Crippen LogP contribution < -0.4 is 10.1 Å². The summed E-state index contributed by atoms with van der Waals surface area (Å²) in [7, 11) is 1.61. The number of carbonyl (C=O) groups is 1. The van der Waals surface area contributed by atoms with Gasteiger partial charge in [-0.2, -0.15) is 0 Å². The van der Waals surface area contributed by atoms with E-state index in [0.717, 1.165) is 39.0 Å². The molecule has 0 bridgehead atoms. The van der Waals surface area contributed by atoms with Crippen molar-refractivity contribution in [2.75, 3.05) is 12.4 Å². The molecule has 2 heterocycles. The lowest BCUT2D eigenvalue weighted by Crippen LogP contribution is -2.13. The number of carbonyl (C=O) groups excluding carboxylic acids is 1. The van der Waals surface area contributed by atoms with Gasteiger partial charge < -0.3 is 9.15 Å². The molecule has 4 aromatic rings. The Kier molecular flexibility index (Phi) is 4.58. The van der Waals surface area contributed by atoms with E-state index in [0.29, 0.717) is 11.3 Å². The van der Waals surface area contributed by atoms with Crippen LogP contribution in [0.15, 0.2) is 39.4 Å². The summed E-state index contributed by atoms with van der Waals surface area (Å²) in [4.78, 5) is 12.9. The number of rotatable bonds is 4. The zero-order valence-corrected chi connectivity index (χ0v) is 16.9. The average molecular weight is 391 g/mol. The molecule has 0 aliphatic heterocycles. The van der Waals surface area contributed by atoms with Crippen LogP contribution in [0.1, 0.15) is 32.8 Å². The number of aromatic nitrogens is 2. The Morgan fingerprint density at radius 1 is 1.00 bits per heavy atom. The summed E-state index contributed by atoms with van der Waals surface area (Å²) >= 11 is 0. The highest BCUT2D eigenvalue weighted by atomic mass is 16.6. The highest BCUT2D eigenvalue weighted by Gasteiger charge is 2.22. The van der Waals surface area contributed by atoms with E-state index in [1.165, 1.54) is 0 Å². The Bertz CT molecular complexity index is 1240. The van der Waals surface area contributed by atoms with Crippen molar-refractivity contribution >= 4 is 22.7 Å². The number of amides is 1. The van der Waals surface area contributed by atoms with Crippen molar-refractivity contribution in [3.63, 3.8) is 0 Å². The van der Waals surface area contributed by atoms with Gasteiger partial charge in [0, 0.05) is 16.5 Å². The van der Waals surface area contributed by atoms with Crippen LogP contribution >= 0.6 is 0 Å². The second kappa shape index (κ2) is 7.09. The van der Waals surface area contributed by atoms with E-state index in [1.54, 1.807) is 7.11 Å². The molecule has 0 fully saturated rings. The van der Waals surface area contributed by atoms with Gasteiger partial charge in [-0.05, 0) is 85.0 Å². The monoisotopic (exact) mass is 391 g/mol. The van der Waals surface area contributed by atoms with Crippen LogP contribution in [0, 0.1) is 27.7 Å². The largest absolute Gasteiger partial charge is 0.497 e. The number of fused-ring (bicyclic) bond motifs is 1. The molecule has 7 heteroatoms. The van der Waals surface area contributed by atoms with Gasteiger partial charge in [0.1, 0.15) is 11.3 Å². The fourth-order valence-corrected chi connectivity index (χ4v) is 3.33. The maximum atomic E-state index is 12.9. The van der Waals surface area contributed by atoms with E-state index in [9.17, 15) is 4.79 Å². The van der Waals surface area contributed by atoms with Crippen LogP contribution in [0.3, 0.4) is 0 Å². The van der Waals surface area contributed by atoms with Gasteiger partial charge in [-0.25, -0.2) is 4.63 Å². The minimum absolute atomic E-state index is 0.232. The zero-order chi connectivity index (χ0) is 20.7. The number of nitrogens with one attached hydrogen (secondary N) is 1. The Hall–Kier alpha value is -3.61. The lowest BCUT2D eigenvalue weighted by molar-refractivity contribution is 0.0997. The lowest BCUT2D eigenvalue weighted by Gasteiger charge is -2.07. The van der Waals surface area contributed by atoms with E-state index in [1.807, 2.05) is 58.0 Å². The minimum atomic E-state index is -0.405.